The zero-order valence-corrected chi connectivity index (χ0v) is 21.3. The van der Waals surface area contributed by atoms with Crippen molar-refractivity contribution >= 4 is 23.0 Å². The van der Waals surface area contributed by atoms with Gasteiger partial charge in [0.05, 0.1) is 6.20 Å². The third-order valence-electron chi connectivity index (χ3n) is 6.63. The van der Waals surface area contributed by atoms with E-state index in [0.717, 1.165) is 65.6 Å². The fourth-order valence-electron chi connectivity index (χ4n) is 4.34. The number of rotatable bonds is 5. The van der Waals surface area contributed by atoms with Crippen LogP contribution in [0, 0.1) is 18.8 Å². The molecule has 6 nitrogen and oxygen atoms in total. The summed E-state index contributed by atoms with van der Waals surface area (Å²) in [6.07, 6.45) is 3.70. The molecule has 2 aromatic heterocycles. The quantitative estimate of drug-likeness (QED) is 0.304. The van der Waals surface area contributed by atoms with Gasteiger partial charge in [-0.25, -0.2) is 9.50 Å². The molecule has 1 saturated heterocycles. The van der Waals surface area contributed by atoms with Crippen molar-refractivity contribution in [2.75, 3.05) is 33.2 Å². The monoisotopic (exact) mass is 497 g/mol. The minimum atomic E-state index is 0.0393. The number of carbonyl (C=O) groups is 1. The lowest BCUT2D eigenvalue weighted by molar-refractivity contribution is 0.0993. The second-order valence-corrected chi connectivity index (χ2v) is 9.73. The summed E-state index contributed by atoms with van der Waals surface area (Å²) in [5.74, 6) is 6.37. The topological polar surface area (TPSA) is 53.7 Å². The van der Waals surface area contributed by atoms with Gasteiger partial charge in [0, 0.05) is 61.5 Å². The molecule has 0 saturated carbocycles. The number of likely N-dealkylation sites (N-methyl/N-ethyl adjacent to an activating group) is 1. The lowest BCUT2D eigenvalue weighted by atomic mass is 9.98. The lowest BCUT2D eigenvalue weighted by Gasteiger charge is -2.32. The average molecular weight is 498 g/mol. The number of halogens is 1. The van der Waals surface area contributed by atoms with Crippen molar-refractivity contribution in [3.63, 3.8) is 0 Å². The first-order valence-corrected chi connectivity index (χ1v) is 12.5. The van der Waals surface area contributed by atoms with Crippen molar-refractivity contribution in [1.29, 1.82) is 0 Å². The number of ketones is 1. The smallest absolute Gasteiger partial charge is 0.167 e. The number of hydrogen-bond acceptors (Lipinski definition) is 5. The fourth-order valence-corrected chi connectivity index (χ4v) is 4.60. The maximum atomic E-state index is 13.1. The van der Waals surface area contributed by atoms with Gasteiger partial charge in [0.1, 0.15) is 5.69 Å². The van der Waals surface area contributed by atoms with Crippen LogP contribution >= 0.6 is 11.6 Å². The Bertz CT molecular complexity index is 1470. The Morgan fingerprint density at radius 1 is 1.06 bits per heavy atom. The van der Waals surface area contributed by atoms with Gasteiger partial charge in [-0.2, -0.15) is 5.10 Å². The highest BCUT2D eigenvalue weighted by molar-refractivity contribution is 6.31. The fraction of sp³-hybridized carbons (Fsp3) is 0.276. The van der Waals surface area contributed by atoms with Crippen molar-refractivity contribution in [3.05, 3.63) is 99.5 Å². The average Bonchev–Trinajstić information content (AvgIpc) is 3.29. The molecule has 3 heterocycles. The van der Waals surface area contributed by atoms with Crippen LogP contribution in [0.2, 0.25) is 5.02 Å². The molecule has 0 bridgehead atoms. The summed E-state index contributed by atoms with van der Waals surface area (Å²) in [6.45, 7) is 7.05. The summed E-state index contributed by atoms with van der Waals surface area (Å²) in [5.41, 5.74) is 5.93. The van der Waals surface area contributed by atoms with Gasteiger partial charge in [-0.15, -0.1) is 0 Å². The van der Waals surface area contributed by atoms with Crippen LogP contribution in [-0.4, -0.2) is 63.4 Å². The molecule has 2 aromatic carbocycles. The minimum absolute atomic E-state index is 0.0393. The van der Waals surface area contributed by atoms with Crippen molar-refractivity contribution in [2.24, 2.45) is 0 Å². The summed E-state index contributed by atoms with van der Waals surface area (Å²) >= 11 is 6.61. The number of benzene rings is 2. The van der Waals surface area contributed by atoms with Crippen LogP contribution in [-0.2, 0) is 13.0 Å². The normalized spacial score (nSPS) is 14.5. The molecule has 0 aliphatic carbocycles. The molecule has 182 valence electrons. The van der Waals surface area contributed by atoms with Crippen LogP contribution in [0.4, 0.5) is 0 Å². The number of aryl methyl sites for hydroxylation is 1. The molecule has 0 radical (unpaired) electrons. The van der Waals surface area contributed by atoms with Crippen molar-refractivity contribution < 1.29 is 4.79 Å². The van der Waals surface area contributed by atoms with E-state index in [1.165, 1.54) is 0 Å². The maximum Gasteiger partial charge on any atom is 0.167 e. The van der Waals surface area contributed by atoms with Crippen LogP contribution in [0.5, 0.6) is 0 Å². The standard InChI is InChI=1S/C29H28ClN5O/c1-21-5-7-24(18-23(21)9-10-26-19-31-29-4-3-11-32-35(26)29)28(36)17-22-6-8-25(27(30)16-22)20-34-14-12-33(2)13-15-34/h3-8,11,16,18-19H,12-15,17,20H2,1-2H3. The number of imidazole rings is 1. The lowest BCUT2D eigenvalue weighted by Crippen LogP contribution is -2.43. The Hall–Kier alpha value is -3.50. The first-order valence-electron chi connectivity index (χ1n) is 12.1. The second kappa shape index (κ2) is 10.6. The number of carbonyl (C=O) groups excluding carboxylic acids is 1. The number of aromatic nitrogens is 3. The predicted molar refractivity (Wildman–Crippen MR) is 142 cm³/mol. The molecule has 0 atom stereocenters. The van der Waals surface area contributed by atoms with E-state index >= 15 is 0 Å². The van der Waals surface area contributed by atoms with Gasteiger partial charge in [0.25, 0.3) is 0 Å². The number of hydrogen-bond donors (Lipinski definition) is 0. The third kappa shape index (κ3) is 5.50. The molecule has 0 spiro atoms. The molecular weight excluding hydrogens is 470 g/mol. The summed E-state index contributed by atoms with van der Waals surface area (Å²) in [7, 11) is 2.15. The Morgan fingerprint density at radius 3 is 2.69 bits per heavy atom. The highest BCUT2D eigenvalue weighted by Crippen LogP contribution is 2.22. The van der Waals surface area contributed by atoms with Crippen LogP contribution in [0.1, 0.15) is 38.3 Å². The molecule has 5 rings (SSSR count). The van der Waals surface area contributed by atoms with Gasteiger partial charge in [0.15, 0.2) is 11.4 Å². The Morgan fingerprint density at radius 2 is 1.89 bits per heavy atom. The van der Waals surface area contributed by atoms with Crippen LogP contribution in [0.15, 0.2) is 60.9 Å². The van der Waals surface area contributed by atoms with Gasteiger partial charge >= 0.3 is 0 Å². The van der Waals surface area contributed by atoms with Gasteiger partial charge in [0.2, 0.25) is 0 Å². The van der Waals surface area contributed by atoms with Crippen molar-refractivity contribution in [2.45, 2.75) is 19.9 Å². The van der Waals surface area contributed by atoms with E-state index in [0.29, 0.717) is 17.7 Å². The highest BCUT2D eigenvalue weighted by Gasteiger charge is 2.16. The van der Waals surface area contributed by atoms with Gasteiger partial charge < -0.3 is 4.90 Å². The zero-order chi connectivity index (χ0) is 25.1. The van der Waals surface area contributed by atoms with E-state index in [1.807, 2.05) is 49.4 Å². The van der Waals surface area contributed by atoms with Crippen molar-refractivity contribution in [3.8, 4) is 11.8 Å². The zero-order valence-electron chi connectivity index (χ0n) is 20.5. The minimum Gasteiger partial charge on any atom is -0.304 e. The van der Waals surface area contributed by atoms with Gasteiger partial charge in [-0.1, -0.05) is 41.8 Å². The molecule has 1 fully saturated rings. The summed E-state index contributed by atoms with van der Waals surface area (Å²) in [5, 5.41) is 5.02. The number of fused-ring (bicyclic) bond motifs is 1. The predicted octanol–water partition coefficient (Wildman–Crippen LogP) is 4.26. The van der Waals surface area contributed by atoms with Crippen LogP contribution in [0.3, 0.4) is 0 Å². The highest BCUT2D eigenvalue weighted by atomic mass is 35.5. The van der Waals surface area contributed by atoms with E-state index in [2.05, 4.69) is 44.8 Å². The molecule has 7 heteroatoms. The van der Waals surface area contributed by atoms with Crippen LogP contribution in [0.25, 0.3) is 5.65 Å². The Labute approximate surface area is 216 Å². The Balaban J connectivity index is 1.29. The van der Waals surface area contributed by atoms with E-state index in [9.17, 15) is 4.79 Å². The van der Waals surface area contributed by atoms with Crippen LogP contribution < -0.4 is 0 Å². The molecule has 0 N–H and O–H groups in total. The van der Waals surface area contributed by atoms with E-state index in [1.54, 1.807) is 16.9 Å². The SMILES string of the molecule is Cc1ccc(C(=O)Cc2ccc(CN3CCN(C)CC3)c(Cl)c2)cc1C#Cc1cnc2cccnn12. The molecule has 0 unspecified atom stereocenters. The number of piperazine rings is 1. The van der Waals surface area contributed by atoms with Gasteiger partial charge in [-0.3, -0.25) is 9.69 Å². The first-order chi connectivity index (χ1) is 17.5. The maximum absolute atomic E-state index is 13.1. The Kier molecular flexibility index (Phi) is 7.15. The number of nitrogens with zero attached hydrogens (tertiary/aromatic N) is 5. The first kappa shape index (κ1) is 24.2. The molecule has 4 aromatic rings. The molecule has 36 heavy (non-hydrogen) atoms. The molecule has 1 aliphatic rings. The molecule has 1 aliphatic heterocycles. The van der Waals surface area contributed by atoms with Crippen molar-refractivity contribution in [1.82, 2.24) is 24.4 Å². The summed E-state index contributed by atoms with van der Waals surface area (Å²) in [6, 6.07) is 15.4. The summed E-state index contributed by atoms with van der Waals surface area (Å²) < 4.78 is 1.70. The number of Topliss-reactive ketones (excluding diaryl/α,β-unsaturated/α-hetero) is 1. The van der Waals surface area contributed by atoms with Gasteiger partial charge in [-0.05, 0) is 60.8 Å². The largest absolute Gasteiger partial charge is 0.304 e. The second-order valence-electron chi connectivity index (χ2n) is 9.32. The molecular formula is C29H28ClN5O. The van der Waals surface area contributed by atoms with E-state index in [-0.39, 0.29) is 5.78 Å². The third-order valence-corrected chi connectivity index (χ3v) is 6.99. The van der Waals surface area contributed by atoms with E-state index in [4.69, 9.17) is 11.6 Å². The summed E-state index contributed by atoms with van der Waals surface area (Å²) in [4.78, 5) is 22.2. The van der Waals surface area contributed by atoms with E-state index < -0.39 is 0 Å². The molecule has 0 amide bonds.